The molecule has 2 aliphatic carbocycles. The average molecular weight is 306 g/mol. The zero-order valence-corrected chi connectivity index (χ0v) is 14.7. The molecule has 0 bridgehead atoms. The smallest absolute Gasteiger partial charge is 0.0566 e. The van der Waals surface area contributed by atoms with E-state index in [4.69, 9.17) is 0 Å². The predicted molar refractivity (Wildman–Crippen MR) is 92.9 cm³/mol. The van der Waals surface area contributed by atoms with Gasteiger partial charge in [-0.3, -0.25) is 4.68 Å². The van der Waals surface area contributed by atoms with Crippen LogP contribution in [0.15, 0.2) is 12.4 Å². The Morgan fingerprint density at radius 1 is 0.952 bits per heavy atom. The van der Waals surface area contributed by atoms with Gasteiger partial charge >= 0.3 is 0 Å². The van der Waals surface area contributed by atoms with Gasteiger partial charge < -0.3 is 0 Å². The zero-order chi connectivity index (χ0) is 14.7. The summed E-state index contributed by atoms with van der Waals surface area (Å²) in [4.78, 5) is 0. The molecular weight excluding hydrogens is 275 g/mol. The van der Waals surface area contributed by atoms with Gasteiger partial charge in [0.1, 0.15) is 0 Å². The van der Waals surface area contributed by atoms with E-state index >= 15 is 0 Å². The van der Waals surface area contributed by atoms with Crippen LogP contribution >= 0.6 is 7.92 Å². The molecule has 0 N–H and O–H groups in total. The molecule has 0 radical (unpaired) electrons. The van der Waals surface area contributed by atoms with Gasteiger partial charge in [-0.25, -0.2) is 0 Å². The molecule has 1 aromatic heterocycles. The molecule has 0 aromatic carbocycles. The van der Waals surface area contributed by atoms with Gasteiger partial charge in [0.25, 0.3) is 0 Å². The van der Waals surface area contributed by atoms with E-state index in [1.807, 2.05) is 0 Å². The van der Waals surface area contributed by atoms with Crippen LogP contribution in [0.3, 0.4) is 0 Å². The average Bonchev–Trinajstić information content (AvgIpc) is 3.00. The predicted octanol–water partition coefficient (Wildman–Crippen LogP) is 5.24. The fraction of sp³-hybridized carbons (Fsp3) is 0.833. The third-order valence-corrected chi connectivity index (χ3v) is 8.78. The summed E-state index contributed by atoms with van der Waals surface area (Å²) in [5.74, 6) is 0. The maximum atomic E-state index is 4.66. The van der Waals surface area contributed by atoms with Crippen molar-refractivity contribution >= 4 is 13.2 Å². The number of rotatable bonds is 4. The molecule has 3 heteroatoms. The van der Waals surface area contributed by atoms with Crippen molar-refractivity contribution in [2.24, 2.45) is 0 Å². The van der Waals surface area contributed by atoms with Crippen molar-refractivity contribution in [3.63, 3.8) is 0 Å². The molecule has 21 heavy (non-hydrogen) atoms. The summed E-state index contributed by atoms with van der Waals surface area (Å²) in [6.45, 7) is 4.47. The van der Waals surface area contributed by atoms with Gasteiger partial charge in [0.05, 0.1) is 6.20 Å². The number of hydrogen-bond donors (Lipinski definition) is 0. The Morgan fingerprint density at radius 2 is 1.48 bits per heavy atom. The normalized spacial score (nSPS) is 22.3. The molecule has 0 atom stereocenters. The fourth-order valence-corrected chi connectivity index (χ4v) is 7.90. The van der Waals surface area contributed by atoms with Crippen molar-refractivity contribution in [3.8, 4) is 0 Å². The van der Waals surface area contributed by atoms with Crippen molar-refractivity contribution in [1.82, 2.24) is 9.78 Å². The number of hydrogen-bond acceptors (Lipinski definition) is 1. The van der Waals surface area contributed by atoms with Crippen molar-refractivity contribution < 1.29 is 0 Å². The van der Waals surface area contributed by atoms with Gasteiger partial charge in [0.2, 0.25) is 0 Å². The van der Waals surface area contributed by atoms with Crippen molar-refractivity contribution in [2.45, 2.75) is 95.4 Å². The highest BCUT2D eigenvalue weighted by Gasteiger charge is 2.33. The second kappa shape index (κ2) is 7.27. The Bertz CT molecular complexity index is 410. The summed E-state index contributed by atoms with van der Waals surface area (Å²) in [7, 11) is 0.0206. The Hall–Kier alpha value is -0.360. The lowest BCUT2D eigenvalue weighted by atomic mass is 9.99. The van der Waals surface area contributed by atoms with Crippen LogP contribution in [0.1, 0.15) is 84.1 Å². The van der Waals surface area contributed by atoms with Gasteiger partial charge in [0.15, 0.2) is 0 Å². The van der Waals surface area contributed by atoms with E-state index < -0.39 is 0 Å². The van der Waals surface area contributed by atoms with E-state index in [0.29, 0.717) is 6.04 Å². The molecule has 0 unspecified atom stereocenters. The van der Waals surface area contributed by atoms with E-state index in [0.717, 1.165) is 11.3 Å². The Morgan fingerprint density at radius 3 is 1.90 bits per heavy atom. The van der Waals surface area contributed by atoms with Crippen molar-refractivity contribution in [1.29, 1.82) is 0 Å². The number of nitrogens with zero attached hydrogens (tertiary/aromatic N) is 2. The second-order valence-electron chi connectivity index (χ2n) is 7.26. The van der Waals surface area contributed by atoms with Crippen LogP contribution < -0.4 is 5.30 Å². The molecule has 2 nitrogen and oxygen atoms in total. The molecule has 0 aliphatic heterocycles. The number of aromatic nitrogens is 2. The summed E-state index contributed by atoms with van der Waals surface area (Å²) < 4.78 is 2.18. The van der Waals surface area contributed by atoms with Gasteiger partial charge in [-0.05, 0) is 50.8 Å². The standard InChI is InChI=1S/C18H31N2P/c1-15(2)20-14-18(13-19-20)21(16-9-5-3-6-10-16)17-11-7-4-8-12-17/h13-17H,3-12H2,1-2H3. The maximum absolute atomic E-state index is 4.66. The van der Waals surface area contributed by atoms with E-state index in [-0.39, 0.29) is 7.92 Å². The Balaban J connectivity index is 1.82. The minimum absolute atomic E-state index is 0.0206. The van der Waals surface area contributed by atoms with E-state index in [9.17, 15) is 0 Å². The lowest BCUT2D eigenvalue weighted by molar-refractivity contribution is 0.487. The van der Waals surface area contributed by atoms with Crippen LogP contribution in [0, 0.1) is 0 Å². The molecule has 3 rings (SSSR count). The molecule has 1 heterocycles. The highest BCUT2D eigenvalue weighted by molar-refractivity contribution is 7.67. The molecular formula is C18H31N2P. The third kappa shape index (κ3) is 3.70. The van der Waals surface area contributed by atoms with Crippen LogP contribution in [-0.4, -0.2) is 21.1 Å². The first kappa shape index (κ1) is 15.5. The molecule has 2 aliphatic rings. The summed E-state index contributed by atoms with van der Waals surface area (Å²) in [5.41, 5.74) is 1.98. The van der Waals surface area contributed by atoms with Crippen LogP contribution in [0.2, 0.25) is 0 Å². The summed E-state index contributed by atoms with van der Waals surface area (Å²) in [5, 5.41) is 6.27. The first-order valence-corrected chi connectivity index (χ1v) is 10.6. The highest BCUT2D eigenvalue weighted by atomic mass is 31.1. The Kier molecular flexibility index (Phi) is 5.38. The highest BCUT2D eigenvalue weighted by Crippen LogP contribution is 2.54. The molecule has 0 amide bonds. The Labute approximate surface area is 131 Å². The monoisotopic (exact) mass is 306 g/mol. The topological polar surface area (TPSA) is 17.8 Å². The lowest BCUT2D eigenvalue weighted by Gasteiger charge is -2.38. The molecule has 1 aromatic rings. The van der Waals surface area contributed by atoms with E-state index in [2.05, 4.69) is 36.0 Å². The summed E-state index contributed by atoms with van der Waals surface area (Å²) in [6, 6.07) is 0.494. The van der Waals surface area contributed by atoms with Crippen LogP contribution in [0.5, 0.6) is 0 Å². The minimum atomic E-state index is 0.0206. The van der Waals surface area contributed by atoms with Crippen molar-refractivity contribution in [3.05, 3.63) is 12.4 Å². The summed E-state index contributed by atoms with van der Waals surface area (Å²) in [6.07, 6.45) is 19.3. The minimum Gasteiger partial charge on any atom is -0.270 e. The van der Waals surface area contributed by atoms with Crippen molar-refractivity contribution in [2.75, 3.05) is 0 Å². The second-order valence-corrected chi connectivity index (χ2v) is 10.1. The van der Waals surface area contributed by atoms with Crippen LogP contribution in [-0.2, 0) is 0 Å². The molecule has 2 fully saturated rings. The largest absolute Gasteiger partial charge is 0.270 e. The molecule has 0 saturated heterocycles. The van der Waals surface area contributed by atoms with Gasteiger partial charge in [-0.1, -0.05) is 46.4 Å². The fourth-order valence-electron chi connectivity index (χ4n) is 4.18. The van der Waals surface area contributed by atoms with Gasteiger partial charge in [0, 0.05) is 17.5 Å². The van der Waals surface area contributed by atoms with Gasteiger partial charge in [-0.2, -0.15) is 5.10 Å². The lowest BCUT2D eigenvalue weighted by Crippen LogP contribution is -2.25. The van der Waals surface area contributed by atoms with Gasteiger partial charge in [-0.15, -0.1) is 0 Å². The zero-order valence-electron chi connectivity index (χ0n) is 13.8. The quantitative estimate of drug-likeness (QED) is 0.696. The van der Waals surface area contributed by atoms with Crippen LogP contribution in [0.25, 0.3) is 0 Å². The first-order valence-electron chi connectivity index (χ1n) is 9.08. The van der Waals surface area contributed by atoms with E-state index in [1.54, 1.807) is 5.30 Å². The maximum Gasteiger partial charge on any atom is 0.0566 e. The summed E-state index contributed by atoms with van der Waals surface area (Å²) >= 11 is 0. The first-order chi connectivity index (χ1) is 10.3. The molecule has 0 spiro atoms. The van der Waals surface area contributed by atoms with Crippen LogP contribution in [0.4, 0.5) is 0 Å². The molecule has 118 valence electrons. The third-order valence-electron chi connectivity index (χ3n) is 5.35. The SMILES string of the molecule is CC(C)n1cc(P(C2CCCCC2)C2CCCCC2)cn1. The molecule has 2 saturated carbocycles. The van der Waals surface area contributed by atoms with E-state index in [1.165, 1.54) is 64.2 Å².